The van der Waals surface area contributed by atoms with Crippen molar-refractivity contribution in [2.45, 2.75) is 33.2 Å². The number of aryl methyl sites for hydroxylation is 1. The van der Waals surface area contributed by atoms with Gasteiger partial charge in [-0.25, -0.2) is 0 Å². The summed E-state index contributed by atoms with van der Waals surface area (Å²) >= 11 is 5.94. The minimum atomic E-state index is -0.0522. The first-order valence-electron chi connectivity index (χ1n) is 8.07. The van der Waals surface area contributed by atoms with Gasteiger partial charge in [-0.2, -0.15) is 0 Å². The molecule has 0 atom stereocenters. The first-order chi connectivity index (χ1) is 11.3. The highest BCUT2D eigenvalue weighted by molar-refractivity contribution is 6.30. The van der Waals surface area contributed by atoms with E-state index in [9.17, 15) is 0 Å². The van der Waals surface area contributed by atoms with E-state index >= 15 is 0 Å². The van der Waals surface area contributed by atoms with E-state index < -0.39 is 0 Å². The van der Waals surface area contributed by atoms with Crippen molar-refractivity contribution in [1.82, 2.24) is 0 Å². The smallest absolute Gasteiger partial charge is 0.151 e. The third kappa shape index (κ3) is 3.82. The third-order valence-electron chi connectivity index (χ3n) is 3.67. The average Bonchev–Trinajstić information content (AvgIpc) is 2.82. The fraction of sp³-hybridized carbons (Fsp3) is 0.238. The van der Waals surface area contributed by atoms with Crippen LogP contribution in [0.25, 0.3) is 23.1 Å². The summed E-state index contributed by atoms with van der Waals surface area (Å²) in [6.07, 6.45) is 4.04. The SMILES string of the molecule is Cc1ccc2oc(/C=C/c3ccc(Cl)cc3)c(NC(C)(C)C)c2c1. The molecule has 0 fully saturated rings. The van der Waals surface area contributed by atoms with E-state index in [1.165, 1.54) is 5.56 Å². The second kappa shape index (κ2) is 6.37. The molecule has 0 aliphatic heterocycles. The second-order valence-corrected chi connectivity index (χ2v) is 7.54. The van der Waals surface area contributed by atoms with Crippen LogP contribution < -0.4 is 5.32 Å². The van der Waals surface area contributed by atoms with Crippen molar-refractivity contribution >= 4 is 40.4 Å². The van der Waals surface area contributed by atoms with Crippen molar-refractivity contribution in [2.24, 2.45) is 0 Å². The Bertz CT molecular complexity index is 883. The molecule has 0 aliphatic rings. The van der Waals surface area contributed by atoms with Crippen LogP contribution >= 0.6 is 11.6 Å². The topological polar surface area (TPSA) is 25.2 Å². The molecule has 2 aromatic carbocycles. The zero-order valence-corrected chi connectivity index (χ0v) is 15.2. The van der Waals surface area contributed by atoms with Gasteiger partial charge in [0.2, 0.25) is 0 Å². The lowest BCUT2D eigenvalue weighted by molar-refractivity contribution is 0.595. The van der Waals surface area contributed by atoms with Crippen molar-refractivity contribution in [3.8, 4) is 0 Å². The summed E-state index contributed by atoms with van der Waals surface area (Å²) in [4.78, 5) is 0. The maximum atomic E-state index is 6.07. The number of nitrogens with one attached hydrogen (secondary N) is 1. The summed E-state index contributed by atoms with van der Waals surface area (Å²) in [6.45, 7) is 8.54. The molecule has 2 nitrogen and oxygen atoms in total. The van der Waals surface area contributed by atoms with Crippen LogP contribution in [-0.2, 0) is 0 Å². The summed E-state index contributed by atoms with van der Waals surface area (Å²) in [5.41, 5.74) is 4.17. The molecule has 3 rings (SSSR count). The normalized spacial score (nSPS) is 12.2. The summed E-state index contributed by atoms with van der Waals surface area (Å²) in [5, 5.41) is 5.43. The van der Waals surface area contributed by atoms with Gasteiger partial charge in [0, 0.05) is 15.9 Å². The molecule has 0 aliphatic carbocycles. The quantitative estimate of drug-likeness (QED) is 0.569. The number of halogens is 1. The molecule has 3 aromatic rings. The zero-order chi connectivity index (χ0) is 17.3. The van der Waals surface area contributed by atoms with Gasteiger partial charge in [0.25, 0.3) is 0 Å². The van der Waals surface area contributed by atoms with Crippen LogP contribution in [0.5, 0.6) is 0 Å². The molecule has 0 saturated carbocycles. The molecule has 1 heterocycles. The fourth-order valence-electron chi connectivity index (χ4n) is 2.60. The van der Waals surface area contributed by atoms with Gasteiger partial charge >= 0.3 is 0 Å². The van der Waals surface area contributed by atoms with Crippen LogP contribution in [0.2, 0.25) is 5.02 Å². The summed E-state index contributed by atoms with van der Waals surface area (Å²) in [6, 6.07) is 14.0. The number of anilines is 1. The molecule has 124 valence electrons. The lowest BCUT2D eigenvalue weighted by Gasteiger charge is -2.21. The van der Waals surface area contributed by atoms with Gasteiger partial charge in [-0.05, 0) is 63.6 Å². The Balaban J connectivity index is 2.05. The molecule has 0 bridgehead atoms. The minimum absolute atomic E-state index is 0.0522. The Labute approximate surface area is 148 Å². The molecule has 0 amide bonds. The molecule has 0 saturated heterocycles. The largest absolute Gasteiger partial charge is 0.454 e. The lowest BCUT2D eigenvalue weighted by atomic mass is 10.1. The first-order valence-corrected chi connectivity index (χ1v) is 8.45. The molecule has 3 heteroatoms. The molecular formula is C21H22ClNO. The summed E-state index contributed by atoms with van der Waals surface area (Å²) < 4.78 is 6.07. The van der Waals surface area contributed by atoms with E-state index in [-0.39, 0.29) is 5.54 Å². The highest BCUT2D eigenvalue weighted by Gasteiger charge is 2.18. The van der Waals surface area contributed by atoms with Crippen molar-refractivity contribution in [3.63, 3.8) is 0 Å². The first kappa shape index (κ1) is 16.7. The van der Waals surface area contributed by atoms with E-state index in [0.29, 0.717) is 0 Å². The molecular weight excluding hydrogens is 318 g/mol. The van der Waals surface area contributed by atoms with Crippen LogP contribution in [0.3, 0.4) is 0 Å². The predicted molar refractivity (Wildman–Crippen MR) is 105 cm³/mol. The number of hydrogen-bond donors (Lipinski definition) is 1. The van der Waals surface area contributed by atoms with Gasteiger partial charge in [0.1, 0.15) is 5.58 Å². The molecule has 1 aromatic heterocycles. The van der Waals surface area contributed by atoms with Crippen molar-refractivity contribution in [3.05, 3.63) is 64.4 Å². The Morgan fingerprint density at radius 1 is 1.00 bits per heavy atom. The number of fused-ring (bicyclic) bond motifs is 1. The maximum absolute atomic E-state index is 6.07. The average molecular weight is 340 g/mol. The van der Waals surface area contributed by atoms with Gasteiger partial charge in [-0.15, -0.1) is 0 Å². The zero-order valence-electron chi connectivity index (χ0n) is 14.5. The van der Waals surface area contributed by atoms with Crippen LogP contribution in [0.15, 0.2) is 46.9 Å². The van der Waals surface area contributed by atoms with E-state index in [4.69, 9.17) is 16.0 Å². The Kier molecular flexibility index (Phi) is 4.42. The molecule has 1 N–H and O–H groups in total. The van der Waals surface area contributed by atoms with Crippen molar-refractivity contribution in [1.29, 1.82) is 0 Å². The van der Waals surface area contributed by atoms with Crippen LogP contribution in [0, 0.1) is 6.92 Å². The van der Waals surface area contributed by atoms with Crippen LogP contribution in [0.4, 0.5) is 5.69 Å². The number of benzene rings is 2. The standard InChI is InChI=1S/C21H22ClNO/c1-14-5-11-18-17(13-14)20(23-21(2,3)4)19(24-18)12-8-15-6-9-16(22)10-7-15/h5-13,23H,1-4H3/b12-8+. The molecule has 0 unspecified atom stereocenters. The number of hydrogen-bond acceptors (Lipinski definition) is 2. The highest BCUT2D eigenvalue weighted by atomic mass is 35.5. The van der Waals surface area contributed by atoms with E-state index in [0.717, 1.165) is 33.0 Å². The monoisotopic (exact) mass is 339 g/mol. The lowest BCUT2D eigenvalue weighted by Crippen LogP contribution is -2.26. The maximum Gasteiger partial charge on any atom is 0.151 e. The minimum Gasteiger partial charge on any atom is -0.454 e. The Morgan fingerprint density at radius 3 is 2.38 bits per heavy atom. The third-order valence-corrected chi connectivity index (χ3v) is 3.92. The van der Waals surface area contributed by atoms with E-state index in [1.54, 1.807) is 0 Å². The summed E-state index contributed by atoms with van der Waals surface area (Å²) in [7, 11) is 0. The molecule has 24 heavy (non-hydrogen) atoms. The van der Waals surface area contributed by atoms with Crippen LogP contribution in [0.1, 0.15) is 37.7 Å². The number of furan rings is 1. The molecule has 0 radical (unpaired) electrons. The Hall–Kier alpha value is -2.19. The Morgan fingerprint density at radius 2 is 1.71 bits per heavy atom. The van der Waals surface area contributed by atoms with Gasteiger partial charge in [0.05, 0.1) is 5.69 Å². The van der Waals surface area contributed by atoms with Crippen LogP contribution in [-0.4, -0.2) is 5.54 Å². The predicted octanol–water partition coefficient (Wildman–Crippen LogP) is 6.78. The highest BCUT2D eigenvalue weighted by Crippen LogP contribution is 2.34. The number of rotatable bonds is 3. The second-order valence-electron chi connectivity index (χ2n) is 7.10. The fourth-order valence-corrected chi connectivity index (χ4v) is 2.72. The summed E-state index contributed by atoms with van der Waals surface area (Å²) in [5.74, 6) is 0.834. The van der Waals surface area contributed by atoms with Gasteiger partial charge in [-0.3, -0.25) is 0 Å². The van der Waals surface area contributed by atoms with Crippen molar-refractivity contribution in [2.75, 3.05) is 5.32 Å². The molecule has 0 spiro atoms. The van der Waals surface area contributed by atoms with Crippen molar-refractivity contribution < 1.29 is 4.42 Å². The van der Waals surface area contributed by atoms with Gasteiger partial charge in [-0.1, -0.05) is 41.4 Å². The van der Waals surface area contributed by atoms with E-state index in [2.05, 4.69) is 45.1 Å². The van der Waals surface area contributed by atoms with Gasteiger partial charge < -0.3 is 9.73 Å². The van der Waals surface area contributed by atoms with E-state index in [1.807, 2.05) is 42.5 Å². The van der Waals surface area contributed by atoms with Gasteiger partial charge in [0.15, 0.2) is 5.76 Å².